The van der Waals surface area contributed by atoms with Crippen molar-refractivity contribution in [1.29, 1.82) is 0 Å². The smallest absolute Gasteiger partial charge is 0.243 e. The van der Waals surface area contributed by atoms with Crippen molar-refractivity contribution < 1.29 is 22.7 Å². The highest BCUT2D eigenvalue weighted by Gasteiger charge is 2.28. The number of rotatable bonds is 14. The number of aryl methyl sites for hydroxylation is 1. The fraction of sp³-hybridized carbons (Fsp3) is 0.500. The van der Waals surface area contributed by atoms with Gasteiger partial charge in [0.15, 0.2) is 0 Å². The molecular formula is C28H38ClN3O5S. The minimum Gasteiger partial charge on any atom is -0.382 e. The Morgan fingerprint density at radius 2 is 1.68 bits per heavy atom. The van der Waals surface area contributed by atoms with Crippen LogP contribution in [-0.2, 0) is 37.3 Å². The van der Waals surface area contributed by atoms with Crippen LogP contribution in [0.1, 0.15) is 50.7 Å². The molecule has 1 heterocycles. The molecule has 10 heteroatoms. The Labute approximate surface area is 231 Å². The summed E-state index contributed by atoms with van der Waals surface area (Å²) in [5, 5.41) is 3.49. The van der Waals surface area contributed by atoms with Crippen LogP contribution in [0.5, 0.6) is 0 Å². The second kappa shape index (κ2) is 14.6. The van der Waals surface area contributed by atoms with Crippen LogP contribution in [0.4, 0.5) is 0 Å². The Hall–Kier alpha value is -2.46. The zero-order valence-electron chi connectivity index (χ0n) is 22.2. The number of sulfonamides is 1. The van der Waals surface area contributed by atoms with Crippen LogP contribution in [0.25, 0.3) is 0 Å². The van der Waals surface area contributed by atoms with Crippen molar-refractivity contribution in [2.45, 2.75) is 63.4 Å². The molecule has 0 bridgehead atoms. The number of carbonyl (C=O) groups is 2. The molecule has 1 unspecified atom stereocenters. The van der Waals surface area contributed by atoms with Gasteiger partial charge in [-0.1, -0.05) is 35.9 Å². The van der Waals surface area contributed by atoms with E-state index in [1.165, 1.54) is 4.31 Å². The first-order chi connectivity index (χ1) is 18.2. The molecule has 3 rings (SSSR count). The van der Waals surface area contributed by atoms with Crippen molar-refractivity contribution in [3.8, 4) is 0 Å². The summed E-state index contributed by atoms with van der Waals surface area (Å²) in [5.41, 5.74) is 1.73. The van der Waals surface area contributed by atoms with Gasteiger partial charge in [0, 0.05) is 50.8 Å². The number of benzene rings is 2. The summed E-state index contributed by atoms with van der Waals surface area (Å²) in [6.45, 7) is 6.70. The van der Waals surface area contributed by atoms with E-state index in [2.05, 4.69) is 5.32 Å². The molecule has 2 aromatic carbocycles. The molecule has 1 saturated heterocycles. The topological polar surface area (TPSA) is 96.0 Å². The number of amides is 2. The van der Waals surface area contributed by atoms with E-state index in [9.17, 15) is 18.0 Å². The SMILES string of the molecule is CCOCCCNC(=O)C(C)N(Cc1ccc(Cl)cc1)C(=O)CCc1ccc(S(=O)(=O)N2CCCC2)cc1. The van der Waals surface area contributed by atoms with Crippen LogP contribution in [0.3, 0.4) is 0 Å². The van der Waals surface area contributed by atoms with Crippen LogP contribution in [0, 0.1) is 0 Å². The zero-order valence-corrected chi connectivity index (χ0v) is 23.8. The predicted octanol–water partition coefficient (Wildman–Crippen LogP) is 4.02. The van der Waals surface area contributed by atoms with E-state index >= 15 is 0 Å². The molecule has 8 nitrogen and oxygen atoms in total. The molecule has 2 amide bonds. The third kappa shape index (κ3) is 8.53. The van der Waals surface area contributed by atoms with Gasteiger partial charge in [-0.15, -0.1) is 0 Å². The average Bonchev–Trinajstić information content (AvgIpc) is 3.47. The zero-order chi connectivity index (χ0) is 27.5. The molecule has 0 aromatic heterocycles. The Morgan fingerprint density at radius 3 is 2.32 bits per heavy atom. The number of nitrogens with zero attached hydrogens (tertiary/aromatic N) is 2. The molecule has 0 aliphatic carbocycles. The van der Waals surface area contributed by atoms with E-state index in [1.54, 1.807) is 48.2 Å². The number of halogens is 1. The van der Waals surface area contributed by atoms with Gasteiger partial charge in [0.05, 0.1) is 4.90 Å². The highest BCUT2D eigenvalue weighted by Crippen LogP contribution is 2.22. The van der Waals surface area contributed by atoms with Crippen molar-refractivity contribution >= 4 is 33.4 Å². The third-order valence-corrected chi connectivity index (χ3v) is 8.82. The standard InChI is InChI=1S/C28H38ClN3O5S/c1-3-37-20-6-17-30-28(34)22(2)32(21-24-7-12-25(29)13-8-24)27(33)16-11-23-9-14-26(15-10-23)38(35,36)31-18-4-5-19-31/h7-10,12-15,22H,3-6,11,16-21H2,1-2H3,(H,30,34). The summed E-state index contributed by atoms with van der Waals surface area (Å²) in [6.07, 6.45) is 3.09. The van der Waals surface area contributed by atoms with Gasteiger partial charge in [0.25, 0.3) is 0 Å². The summed E-state index contributed by atoms with van der Waals surface area (Å²) in [7, 11) is -3.48. The summed E-state index contributed by atoms with van der Waals surface area (Å²) < 4.78 is 32.4. The van der Waals surface area contributed by atoms with E-state index in [1.807, 2.05) is 19.1 Å². The lowest BCUT2D eigenvalue weighted by molar-refractivity contribution is -0.140. The van der Waals surface area contributed by atoms with Crippen LogP contribution < -0.4 is 5.32 Å². The summed E-state index contributed by atoms with van der Waals surface area (Å²) >= 11 is 6.02. The van der Waals surface area contributed by atoms with Crippen molar-refractivity contribution in [3.05, 3.63) is 64.7 Å². The second-order valence-electron chi connectivity index (χ2n) is 9.42. The first-order valence-electron chi connectivity index (χ1n) is 13.2. The second-order valence-corrected chi connectivity index (χ2v) is 11.8. The number of ether oxygens (including phenoxy) is 1. The highest BCUT2D eigenvalue weighted by molar-refractivity contribution is 7.89. The maximum Gasteiger partial charge on any atom is 0.243 e. The van der Waals surface area contributed by atoms with E-state index in [-0.39, 0.29) is 29.7 Å². The lowest BCUT2D eigenvalue weighted by Gasteiger charge is -2.29. The fourth-order valence-corrected chi connectivity index (χ4v) is 5.99. The molecule has 1 aliphatic rings. The molecule has 208 valence electrons. The molecule has 1 aliphatic heterocycles. The molecule has 0 radical (unpaired) electrons. The Balaban J connectivity index is 1.64. The van der Waals surface area contributed by atoms with Crippen LogP contribution in [-0.4, -0.2) is 68.3 Å². The van der Waals surface area contributed by atoms with Crippen LogP contribution >= 0.6 is 11.6 Å². The Morgan fingerprint density at radius 1 is 1.05 bits per heavy atom. The first kappa shape index (κ1) is 30.1. The lowest BCUT2D eigenvalue weighted by atomic mass is 10.1. The van der Waals surface area contributed by atoms with E-state index < -0.39 is 16.1 Å². The molecular weight excluding hydrogens is 526 g/mol. The van der Waals surface area contributed by atoms with Crippen molar-refractivity contribution in [2.75, 3.05) is 32.8 Å². The quantitative estimate of drug-likeness (QED) is 0.350. The summed E-state index contributed by atoms with van der Waals surface area (Å²) in [5.74, 6) is -0.383. The van der Waals surface area contributed by atoms with Gasteiger partial charge in [-0.05, 0) is 74.9 Å². The maximum atomic E-state index is 13.3. The van der Waals surface area contributed by atoms with Crippen molar-refractivity contribution in [2.24, 2.45) is 0 Å². The molecule has 2 aromatic rings. The molecule has 38 heavy (non-hydrogen) atoms. The Kier molecular flexibility index (Phi) is 11.6. The fourth-order valence-electron chi connectivity index (χ4n) is 4.35. The first-order valence-corrected chi connectivity index (χ1v) is 15.0. The predicted molar refractivity (Wildman–Crippen MR) is 148 cm³/mol. The third-order valence-electron chi connectivity index (χ3n) is 6.66. The molecule has 1 atom stereocenters. The highest BCUT2D eigenvalue weighted by atomic mass is 35.5. The van der Waals surface area contributed by atoms with Crippen molar-refractivity contribution in [3.63, 3.8) is 0 Å². The minimum absolute atomic E-state index is 0.161. The molecule has 0 saturated carbocycles. The van der Waals surface area contributed by atoms with Gasteiger partial charge < -0.3 is 15.0 Å². The van der Waals surface area contributed by atoms with Crippen molar-refractivity contribution in [1.82, 2.24) is 14.5 Å². The number of nitrogens with one attached hydrogen (secondary N) is 1. The summed E-state index contributed by atoms with van der Waals surface area (Å²) in [4.78, 5) is 28.0. The van der Waals surface area contributed by atoms with Gasteiger partial charge in [-0.2, -0.15) is 4.31 Å². The van der Waals surface area contributed by atoms with E-state index in [0.29, 0.717) is 50.7 Å². The van der Waals surface area contributed by atoms with E-state index in [0.717, 1.165) is 24.0 Å². The maximum absolute atomic E-state index is 13.3. The Bertz CT molecular complexity index is 1150. The number of hydrogen-bond donors (Lipinski definition) is 1. The molecule has 0 spiro atoms. The monoisotopic (exact) mass is 563 g/mol. The van der Waals surface area contributed by atoms with Crippen LogP contribution in [0.2, 0.25) is 5.02 Å². The normalized spacial score (nSPS) is 14.8. The van der Waals surface area contributed by atoms with E-state index in [4.69, 9.17) is 16.3 Å². The van der Waals surface area contributed by atoms with Gasteiger partial charge in [-0.3, -0.25) is 9.59 Å². The molecule has 1 N–H and O–H groups in total. The largest absolute Gasteiger partial charge is 0.382 e. The minimum atomic E-state index is -3.48. The van der Waals surface area contributed by atoms with Gasteiger partial charge in [-0.25, -0.2) is 8.42 Å². The average molecular weight is 564 g/mol. The van der Waals surface area contributed by atoms with Gasteiger partial charge >= 0.3 is 0 Å². The van der Waals surface area contributed by atoms with Crippen LogP contribution in [0.15, 0.2) is 53.4 Å². The molecule has 1 fully saturated rings. The van der Waals surface area contributed by atoms with Gasteiger partial charge in [0.1, 0.15) is 6.04 Å². The summed E-state index contributed by atoms with van der Waals surface area (Å²) in [6, 6.07) is 13.3. The number of hydrogen-bond acceptors (Lipinski definition) is 5. The number of carbonyl (C=O) groups excluding carboxylic acids is 2. The van der Waals surface area contributed by atoms with Gasteiger partial charge in [0.2, 0.25) is 21.8 Å². The lowest BCUT2D eigenvalue weighted by Crippen LogP contribution is -2.48.